The first-order valence-corrected chi connectivity index (χ1v) is 10.5. The van der Waals surface area contributed by atoms with Crippen LogP contribution in [0.5, 0.6) is 0 Å². The lowest BCUT2D eigenvalue weighted by Gasteiger charge is -2.19. The SMILES string of the molecule is CCCn1c(C)cc2cc(NC(=O)CCN3C(=O)NC4(CCCC4)C3=O)ccc21. The molecule has 4 amide bonds. The molecule has 7 heteroatoms. The molecule has 1 aromatic heterocycles. The maximum absolute atomic E-state index is 12.7. The normalized spacial score (nSPS) is 18.1. The molecule has 1 saturated carbocycles. The summed E-state index contributed by atoms with van der Waals surface area (Å²) < 4.78 is 2.28. The molecule has 2 heterocycles. The number of rotatable bonds is 6. The Morgan fingerprint density at radius 1 is 1.17 bits per heavy atom. The van der Waals surface area contributed by atoms with Crippen molar-refractivity contribution >= 4 is 34.4 Å². The van der Waals surface area contributed by atoms with Crippen LogP contribution in [0, 0.1) is 6.92 Å². The third-order valence-electron chi connectivity index (χ3n) is 6.10. The number of aromatic nitrogens is 1. The number of anilines is 1. The van der Waals surface area contributed by atoms with E-state index in [1.165, 1.54) is 10.6 Å². The van der Waals surface area contributed by atoms with Gasteiger partial charge in [-0.2, -0.15) is 0 Å². The van der Waals surface area contributed by atoms with Crippen LogP contribution in [-0.2, 0) is 16.1 Å². The number of amides is 4. The molecule has 0 bridgehead atoms. The van der Waals surface area contributed by atoms with E-state index in [1.807, 2.05) is 18.2 Å². The summed E-state index contributed by atoms with van der Waals surface area (Å²) in [5.41, 5.74) is 2.36. The van der Waals surface area contributed by atoms with Crippen molar-refractivity contribution in [1.29, 1.82) is 0 Å². The second-order valence-corrected chi connectivity index (χ2v) is 8.19. The summed E-state index contributed by atoms with van der Waals surface area (Å²) in [4.78, 5) is 38.5. The van der Waals surface area contributed by atoms with Gasteiger partial charge in [-0.15, -0.1) is 0 Å². The molecule has 1 aliphatic heterocycles. The molecule has 1 aliphatic carbocycles. The molecule has 1 saturated heterocycles. The van der Waals surface area contributed by atoms with Crippen LogP contribution >= 0.6 is 0 Å². The van der Waals surface area contributed by atoms with Gasteiger partial charge in [0.15, 0.2) is 0 Å². The average molecular weight is 396 g/mol. The lowest BCUT2D eigenvalue weighted by atomic mass is 9.98. The number of nitrogens with one attached hydrogen (secondary N) is 2. The first-order chi connectivity index (χ1) is 13.9. The Kier molecular flexibility index (Phi) is 5.06. The zero-order valence-corrected chi connectivity index (χ0v) is 17.1. The monoisotopic (exact) mass is 396 g/mol. The fraction of sp³-hybridized carbons (Fsp3) is 0.500. The number of fused-ring (bicyclic) bond motifs is 1. The molecule has 2 aromatic rings. The fourth-order valence-electron chi connectivity index (χ4n) is 4.64. The largest absolute Gasteiger partial charge is 0.345 e. The van der Waals surface area contributed by atoms with E-state index in [1.54, 1.807) is 0 Å². The van der Waals surface area contributed by atoms with Gasteiger partial charge in [0, 0.05) is 41.8 Å². The Morgan fingerprint density at radius 2 is 1.93 bits per heavy atom. The summed E-state index contributed by atoms with van der Waals surface area (Å²) in [5.74, 6) is -0.385. The summed E-state index contributed by atoms with van der Waals surface area (Å²) in [6, 6.07) is 7.63. The molecule has 0 unspecified atom stereocenters. The summed E-state index contributed by atoms with van der Waals surface area (Å²) in [5, 5.41) is 6.82. The number of nitrogens with zero attached hydrogens (tertiary/aromatic N) is 2. The van der Waals surface area contributed by atoms with Crippen molar-refractivity contribution in [3.05, 3.63) is 30.0 Å². The lowest BCUT2D eigenvalue weighted by Crippen LogP contribution is -2.44. The highest BCUT2D eigenvalue weighted by Gasteiger charge is 2.52. The average Bonchev–Trinajstić information content (AvgIpc) is 3.33. The van der Waals surface area contributed by atoms with Crippen LogP contribution in [0.25, 0.3) is 10.9 Å². The van der Waals surface area contributed by atoms with E-state index in [4.69, 9.17) is 0 Å². The predicted molar refractivity (Wildman–Crippen MR) is 112 cm³/mol. The first-order valence-electron chi connectivity index (χ1n) is 10.5. The Morgan fingerprint density at radius 3 is 2.66 bits per heavy atom. The molecule has 0 radical (unpaired) electrons. The van der Waals surface area contributed by atoms with Crippen LogP contribution in [0.15, 0.2) is 24.3 Å². The summed E-state index contributed by atoms with van der Waals surface area (Å²) in [7, 11) is 0. The highest BCUT2D eigenvalue weighted by atomic mass is 16.2. The lowest BCUT2D eigenvalue weighted by molar-refractivity contribution is -0.131. The molecule has 1 aromatic carbocycles. The van der Waals surface area contributed by atoms with Crippen LogP contribution in [0.3, 0.4) is 0 Å². The molecule has 0 atom stereocenters. The first kappa shape index (κ1) is 19.5. The van der Waals surface area contributed by atoms with Gasteiger partial charge in [-0.1, -0.05) is 19.8 Å². The second-order valence-electron chi connectivity index (χ2n) is 8.19. The second kappa shape index (κ2) is 7.54. The van der Waals surface area contributed by atoms with Gasteiger partial charge >= 0.3 is 6.03 Å². The molecule has 4 rings (SSSR count). The molecule has 2 aliphatic rings. The molecular formula is C22H28N4O3. The van der Waals surface area contributed by atoms with Crippen molar-refractivity contribution in [2.75, 3.05) is 11.9 Å². The van der Waals surface area contributed by atoms with Crippen molar-refractivity contribution in [3.8, 4) is 0 Å². The van der Waals surface area contributed by atoms with Crippen LogP contribution in [0.1, 0.15) is 51.1 Å². The number of carbonyl (C=O) groups excluding carboxylic acids is 3. The van der Waals surface area contributed by atoms with Crippen LogP contribution < -0.4 is 10.6 Å². The number of hydrogen-bond donors (Lipinski definition) is 2. The molecule has 154 valence electrons. The quantitative estimate of drug-likeness (QED) is 0.733. The zero-order valence-electron chi connectivity index (χ0n) is 17.1. The number of imide groups is 1. The zero-order chi connectivity index (χ0) is 20.6. The van der Waals surface area contributed by atoms with Crippen molar-refractivity contribution in [2.24, 2.45) is 0 Å². The van der Waals surface area contributed by atoms with Gasteiger partial charge in [-0.05, 0) is 50.5 Å². The number of aryl methyl sites for hydroxylation is 2. The molecular weight excluding hydrogens is 368 g/mol. The van der Waals surface area contributed by atoms with Crippen molar-refractivity contribution in [1.82, 2.24) is 14.8 Å². The van der Waals surface area contributed by atoms with Gasteiger partial charge in [0.25, 0.3) is 5.91 Å². The van der Waals surface area contributed by atoms with Gasteiger partial charge < -0.3 is 15.2 Å². The highest BCUT2D eigenvalue weighted by molar-refractivity contribution is 6.07. The molecule has 1 spiro atoms. The van der Waals surface area contributed by atoms with Crippen LogP contribution in [0.4, 0.5) is 10.5 Å². The molecule has 2 fully saturated rings. The molecule has 7 nitrogen and oxygen atoms in total. The minimum atomic E-state index is -0.720. The minimum absolute atomic E-state index is 0.0865. The molecule has 2 N–H and O–H groups in total. The Bertz CT molecular complexity index is 972. The highest BCUT2D eigenvalue weighted by Crippen LogP contribution is 2.35. The number of hydrogen-bond acceptors (Lipinski definition) is 3. The van der Waals surface area contributed by atoms with Crippen molar-refractivity contribution in [3.63, 3.8) is 0 Å². The van der Waals surface area contributed by atoms with Gasteiger partial charge in [0.2, 0.25) is 5.91 Å². The van der Waals surface area contributed by atoms with Gasteiger partial charge in [-0.3, -0.25) is 14.5 Å². The van der Waals surface area contributed by atoms with Gasteiger partial charge in [-0.25, -0.2) is 4.79 Å². The summed E-state index contributed by atoms with van der Waals surface area (Å²) >= 11 is 0. The van der Waals surface area contributed by atoms with E-state index < -0.39 is 5.54 Å². The van der Waals surface area contributed by atoms with Crippen molar-refractivity contribution < 1.29 is 14.4 Å². The third-order valence-corrected chi connectivity index (χ3v) is 6.10. The van der Waals surface area contributed by atoms with E-state index >= 15 is 0 Å². The van der Waals surface area contributed by atoms with E-state index in [2.05, 4.69) is 35.1 Å². The van der Waals surface area contributed by atoms with Crippen molar-refractivity contribution in [2.45, 2.75) is 64.5 Å². The third kappa shape index (κ3) is 3.50. The number of carbonyl (C=O) groups is 3. The molecule has 29 heavy (non-hydrogen) atoms. The minimum Gasteiger partial charge on any atom is -0.345 e. The summed E-state index contributed by atoms with van der Waals surface area (Å²) in [6.07, 6.45) is 4.43. The Hall–Kier alpha value is -2.83. The standard InChI is InChI=1S/C22H28N4O3/c1-3-11-25-15(2)13-16-14-17(6-7-18(16)25)23-19(27)8-12-26-20(28)22(24-21(26)29)9-4-5-10-22/h6-7,13-14H,3-5,8-12H2,1-2H3,(H,23,27)(H,24,29). The topological polar surface area (TPSA) is 83.4 Å². The van der Waals surface area contributed by atoms with E-state index in [-0.39, 0.29) is 30.8 Å². The fourth-order valence-corrected chi connectivity index (χ4v) is 4.64. The maximum Gasteiger partial charge on any atom is 0.325 e. The van der Waals surface area contributed by atoms with Crippen LogP contribution in [-0.4, -0.2) is 39.4 Å². The van der Waals surface area contributed by atoms with Crippen LogP contribution in [0.2, 0.25) is 0 Å². The van der Waals surface area contributed by atoms with Gasteiger partial charge in [0.05, 0.1) is 0 Å². The maximum atomic E-state index is 12.7. The van der Waals surface area contributed by atoms with E-state index in [9.17, 15) is 14.4 Å². The van der Waals surface area contributed by atoms with E-state index in [0.29, 0.717) is 12.8 Å². The summed E-state index contributed by atoms with van der Waals surface area (Å²) in [6.45, 7) is 5.31. The number of urea groups is 1. The smallest absolute Gasteiger partial charge is 0.325 e. The number of benzene rings is 1. The predicted octanol–water partition coefficient (Wildman–Crippen LogP) is 3.55. The Labute approximate surface area is 170 Å². The van der Waals surface area contributed by atoms with Gasteiger partial charge in [0.1, 0.15) is 5.54 Å². The van der Waals surface area contributed by atoms with E-state index in [0.717, 1.165) is 42.4 Å². The Balaban J connectivity index is 1.39.